The van der Waals surface area contributed by atoms with Gasteiger partial charge >= 0.3 is 0 Å². The molecule has 1 aromatic carbocycles. The third-order valence-electron chi connectivity index (χ3n) is 4.60. The lowest BCUT2D eigenvalue weighted by Crippen LogP contribution is -2.32. The van der Waals surface area contributed by atoms with E-state index in [1.807, 2.05) is 19.1 Å². The Morgan fingerprint density at radius 1 is 1.41 bits per heavy atom. The Morgan fingerprint density at radius 2 is 2.23 bits per heavy atom. The number of nitrogens with one attached hydrogen (secondary N) is 1. The number of rotatable bonds is 4. The number of aromatic nitrogens is 1. The van der Waals surface area contributed by atoms with Crippen LogP contribution in [0, 0.1) is 0 Å². The summed E-state index contributed by atoms with van der Waals surface area (Å²) in [5.41, 5.74) is 2.04. The van der Waals surface area contributed by atoms with Gasteiger partial charge in [0.25, 0.3) is 5.56 Å². The molecule has 0 unspecified atom stereocenters. The molecule has 2 N–H and O–H groups in total. The zero-order valence-corrected chi connectivity index (χ0v) is 13.5. The van der Waals surface area contributed by atoms with E-state index < -0.39 is 0 Å². The Morgan fingerprint density at radius 3 is 2.95 bits per heavy atom. The SMILES string of the molecule is CCc1[nH]c(=O)c2cc(Cl)ccc2c1CN1CCC[C@H]1CO. The Hall–Kier alpha value is -1.36. The minimum absolute atomic E-state index is 0.0850. The summed E-state index contributed by atoms with van der Waals surface area (Å²) in [4.78, 5) is 17.6. The molecule has 5 heteroatoms. The number of hydrogen-bond donors (Lipinski definition) is 2. The second-order valence-electron chi connectivity index (χ2n) is 5.90. The van der Waals surface area contributed by atoms with E-state index in [1.54, 1.807) is 6.07 Å². The maximum atomic E-state index is 12.3. The number of hydrogen-bond acceptors (Lipinski definition) is 3. The van der Waals surface area contributed by atoms with E-state index in [4.69, 9.17) is 11.6 Å². The van der Waals surface area contributed by atoms with Crippen LogP contribution in [0.4, 0.5) is 0 Å². The summed E-state index contributed by atoms with van der Waals surface area (Å²) in [5, 5.41) is 11.7. The second kappa shape index (κ2) is 6.41. The minimum Gasteiger partial charge on any atom is -0.395 e. The molecule has 0 bridgehead atoms. The number of aliphatic hydroxyl groups is 1. The van der Waals surface area contributed by atoms with Crippen LogP contribution in [-0.4, -0.2) is 34.2 Å². The number of aliphatic hydroxyl groups excluding tert-OH is 1. The van der Waals surface area contributed by atoms with Gasteiger partial charge in [-0.1, -0.05) is 24.6 Å². The van der Waals surface area contributed by atoms with Gasteiger partial charge in [0.1, 0.15) is 0 Å². The summed E-state index contributed by atoms with van der Waals surface area (Å²) in [5.74, 6) is 0. The molecule has 22 heavy (non-hydrogen) atoms. The maximum absolute atomic E-state index is 12.3. The Balaban J connectivity index is 2.10. The maximum Gasteiger partial charge on any atom is 0.256 e. The lowest BCUT2D eigenvalue weighted by atomic mass is 10.0. The van der Waals surface area contributed by atoms with E-state index in [2.05, 4.69) is 9.88 Å². The van der Waals surface area contributed by atoms with E-state index in [9.17, 15) is 9.90 Å². The van der Waals surface area contributed by atoms with Gasteiger partial charge in [0.2, 0.25) is 0 Å². The first-order chi connectivity index (χ1) is 10.6. The molecule has 3 rings (SSSR count). The molecule has 1 aliphatic heterocycles. The van der Waals surface area contributed by atoms with Crippen molar-refractivity contribution < 1.29 is 5.11 Å². The quantitative estimate of drug-likeness (QED) is 0.910. The summed E-state index contributed by atoms with van der Waals surface area (Å²) in [6.07, 6.45) is 2.92. The van der Waals surface area contributed by atoms with E-state index in [0.717, 1.165) is 49.0 Å². The predicted octanol–water partition coefficient (Wildman–Crippen LogP) is 2.70. The van der Waals surface area contributed by atoms with Crippen LogP contribution in [0.25, 0.3) is 10.8 Å². The predicted molar refractivity (Wildman–Crippen MR) is 89.5 cm³/mol. The van der Waals surface area contributed by atoms with Gasteiger partial charge in [0, 0.05) is 28.7 Å². The van der Waals surface area contributed by atoms with Crippen LogP contribution in [0.5, 0.6) is 0 Å². The van der Waals surface area contributed by atoms with Gasteiger partial charge in [-0.2, -0.15) is 0 Å². The van der Waals surface area contributed by atoms with Crippen LogP contribution in [0.3, 0.4) is 0 Å². The lowest BCUT2D eigenvalue weighted by molar-refractivity contribution is 0.153. The molecular weight excluding hydrogens is 300 g/mol. The van der Waals surface area contributed by atoms with Crippen molar-refractivity contribution >= 4 is 22.4 Å². The van der Waals surface area contributed by atoms with Crippen molar-refractivity contribution in [2.75, 3.05) is 13.2 Å². The van der Waals surface area contributed by atoms with Crippen LogP contribution in [-0.2, 0) is 13.0 Å². The normalized spacial score (nSPS) is 19.1. The van der Waals surface area contributed by atoms with Crippen molar-refractivity contribution in [2.45, 2.75) is 38.8 Å². The van der Waals surface area contributed by atoms with Gasteiger partial charge in [0.05, 0.1) is 6.61 Å². The summed E-state index contributed by atoms with van der Waals surface area (Å²) < 4.78 is 0. The van der Waals surface area contributed by atoms with Crippen molar-refractivity contribution in [3.63, 3.8) is 0 Å². The van der Waals surface area contributed by atoms with Gasteiger partial charge in [-0.05, 0) is 48.9 Å². The van der Waals surface area contributed by atoms with E-state index in [-0.39, 0.29) is 18.2 Å². The number of fused-ring (bicyclic) bond motifs is 1. The summed E-state index contributed by atoms with van der Waals surface area (Å²) in [6.45, 7) is 3.98. The van der Waals surface area contributed by atoms with E-state index >= 15 is 0 Å². The zero-order valence-electron chi connectivity index (χ0n) is 12.7. The first kappa shape index (κ1) is 15.5. The van der Waals surface area contributed by atoms with Crippen LogP contribution in [0.1, 0.15) is 31.0 Å². The monoisotopic (exact) mass is 320 g/mol. The van der Waals surface area contributed by atoms with Crippen LogP contribution < -0.4 is 5.56 Å². The number of halogens is 1. The molecule has 0 saturated carbocycles. The van der Waals surface area contributed by atoms with E-state index in [1.165, 1.54) is 0 Å². The molecule has 118 valence electrons. The number of aromatic amines is 1. The second-order valence-corrected chi connectivity index (χ2v) is 6.34. The van der Waals surface area contributed by atoms with Gasteiger partial charge in [-0.15, -0.1) is 0 Å². The average molecular weight is 321 g/mol. The number of aryl methyl sites for hydroxylation is 1. The van der Waals surface area contributed by atoms with Crippen molar-refractivity contribution in [1.82, 2.24) is 9.88 Å². The molecule has 2 aromatic rings. The van der Waals surface area contributed by atoms with Crippen molar-refractivity contribution in [2.24, 2.45) is 0 Å². The minimum atomic E-state index is -0.0850. The van der Waals surface area contributed by atoms with Crippen LogP contribution >= 0.6 is 11.6 Å². The standard InChI is InChI=1S/C17H21ClN2O2/c1-2-16-15(9-20-7-3-4-12(20)10-21)13-6-5-11(18)8-14(13)17(22)19-16/h5-6,8,12,21H,2-4,7,9-10H2,1H3,(H,19,22)/t12-/m0/s1. The topological polar surface area (TPSA) is 56.3 Å². The van der Waals surface area contributed by atoms with E-state index in [0.29, 0.717) is 10.4 Å². The number of pyridine rings is 1. The molecule has 1 aromatic heterocycles. The molecule has 0 aliphatic carbocycles. The summed E-state index contributed by atoms with van der Waals surface area (Å²) in [6, 6.07) is 5.72. The van der Waals surface area contributed by atoms with Gasteiger partial charge in [0.15, 0.2) is 0 Å². The van der Waals surface area contributed by atoms with Crippen LogP contribution in [0.15, 0.2) is 23.0 Å². The molecule has 2 heterocycles. The smallest absolute Gasteiger partial charge is 0.256 e. The number of nitrogens with zero attached hydrogens (tertiary/aromatic N) is 1. The van der Waals surface area contributed by atoms with Crippen molar-refractivity contribution in [3.05, 3.63) is 44.8 Å². The summed E-state index contributed by atoms with van der Waals surface area (Å²) in [7, 11) is 0. The first-order valence-electron chi connectivity index (χ1n) is 7.82. The Bertz CT molecular complexity index is 741. The molecule has 1 aliphatic rings. The number of H-pyrrole nitrogens is 1. The van der Waals surface area contributed by atoms with Gasteiger partial charge < -0.3 is 10.1 Å². The Labute approximate surface area is 134 Å². The largest absolute Gasteiger partial charge is 0.395 e. The summed E-state index contributed by atoms with van der Waals surface area (Å²) >= 11 is 6.04. The van der Waals surface area contributed by atoms with Crippen LogP contribution in [0.2, 0.25) is 5.02 Å². The highest BCUT2D eigenvalue weighted by Crippen LogP contribution is 2.26. The third kappa shape index (κ3) is 2.78. The van der Waals surface area contributed by atoms with Gasteiger partial charge in [-0.3, -0.25) is 9.69 Å². The van der Waals surface area contributed by atoms with Gasteiger partial charge in [-0.25, -0.2) is 0 Å². The molecule has 4 nitrogen and oxygen atoms in total. The molecule has 0 amide bonds. The molecule has 1 fully saturated rings. The fraction of sp³-hybridized carbons (Fsp3) is 0.471. The fourth-order valence-electron chi connectivity index (χ4n) is 3.41. The highest BCUT2D eigenvalue weighted by Gasteiger charge is 2.25. The number of likely N-dealkylation sites (tertiary alicyclic amines) is 1. The molecule has 1 saturated heterocycles. The average Bonchev–Trinajstić information content (AvgIpc) is 2.97. The third-order valence-corrected chi connectivity index (χ3v) is 4.84. The molecule has 0 spiro atoms. The Kier molecular flexibility index (Phi) is 4.52. The number of benzene rings is 1. The molecule has 0 radical (unpaired) electrons. The fourth-order valence-corrected chi connectivity index (χ4v) is 3.58. The zero-order chi connectivity index (χ0) is 15.7. The lowest BCUT2D eigenvalue weighted by Gasteiger charge is -2.24. The van der Waals surface area contributed by atoms with Crippen molar-refractivity contribution in [1.29, 1.82) is 0 Å². The first-order valence-corrected chi connectivity index (χ1v) is 8.20. The highest BCUT2D eigenvalue weighted by molar-refractivity contribution is 6.31. The highest BCUT2D eigenvalue weighted by atomic mass is 35.5. The molecule has 1 atom stereocenters. The van der Waals surface area contributed by atoms with Crippen molar-refractivity contribution in [3.8, 4) is 0 Å². The molecular formula is C17H21ClN2O2.